The predicted octanol–water partition coefficient (Wildman–Crippen LogP) is 1.81. The summed E-state index contributed by atoms with van der Waals surface area (Å²) >= 11 is 0. The molecule has 0 spiro atoms. The van der Waals surface area contributed by atoms with E-state index in [9.17, 15) is 4.79 Å². The summed E-state index contributed by atoms with van der Waals surface area (Å²) in [7, 11) is 5.32. The van der Waals surface area contributed by atoms with Gasteiger partial charge in [-0.3, -0.25) is 10.1 Å². The van der Waals surface area contributed by atoms with E-state index in [0.29, 0.717) is 12.1 Å². The Morgan fingerprint density at radius 1 is 1.38 bits per heavy atom. The number of rotatable bonds is 11. The minimum atomic E-state index is -0.535. The van der Waals surface area contributed by atoms with Gasteiger partial charge in [-0.25, -0.2) is 0 Å². The highest BCUT2D eigenvalue weighted by molar-refractivity contribution is 5.80. The zero-order valence-electron chi connectivity index (χ0n) is 14.3. The first-order valence-corrected chi connectivity index (χ1v) is 7.98. The SMILES string of the molecule is COCC(C)N(C)CCCCC(C)(NC1CC1)C(=O)OC. The topological polar surface area (TPSA) is 50.8 Å². The van der Waals surface area contributed by atoms with Crippen LogP contribution in [0.25, 0.3) is 0 Å². The predicted molar refractivity (Wildman–Crippen MR) is 84.4 cm³/mol. The fourth-order valence-electron chi connectivity index (χ4n) is 2.57. The van der Waals surface area contributed by atoms with Crippen molar-refractivity contribution < 1.29 is 14.3 Å². The molecule has 0 aromatic carbocycles. The summed E-state index contributed by atoms with van der Waals surface area (Å²) in [5.41, 5.74) is -0.535. The Hall–Kier alpha value is -0.650. The van der Waals surface area contributed by atoms with Crippen molar-refractivity contribution >= 4 is 5.97 Å². The molecule has 1 aliphatic carbocycles. The zero-order chi connectivity index (χ0) is 15.9. The van der Waals surface area contributed by atoms with E-state index in [1.54, 1.807) is 7.11 Å². The van der Waals surface area contributed by atoms with Crippen LogP contribution in [0.15, 0.2) is 0 Å². The Morgan fingerprint density at radius 2 is 2.05 bits per heavy atom. The van der Waals surface area contributed by atoms with E-state index in [0.717, 1.165) is 32.4 Å². The van der Waals surface area contributed by atoms with Gasteiger partial charge in [0.1, 0.15) is 5.54 Å². The second-order valence-corrected chi connectivity index (χ2v) is 6.48. The Morgan fingerprint density at radius 3 is 2.57 bits per heavy atom. The van der Waals surface area contributed by atoms with Gasteiger partial charge in [0.05, 0.1) is 13.7 Å². The van der Waals surface area contributed by atoms with Gasteiger partial charge >= 0.3 is 5.97 Å². The van der Waals surface area contributed by atoms with Gasteiger partial charge in [0.2, 0.25) is 0 Å². The van der Waals surface area contributed by atoms with E-state index < -0.39 is 5.54 Å². The molecule has 0 saturated heterocycles. The second kappa shape index (κ2) is 8.71. The van der Waals surface area contributed by atoms with Crippen LogP contribution in [0.4, 0.5) is 0 Å². The monoisotopic (exact) mass is 300 g/mol. The van der Waals surface area contributed by atoms with E-state index >= 15 is 0 Å². The molecule has 5 nitrogen and oxygen atoms in total. The zero-order valence-corrected chi connectivity index (χ0v) is 14.3. The quantitative estimate of drug-likeness (QED) is 0.466. The molecule has 0 heterocycles. The number of methoxy groups -OCH3 is 2. The molecule has 0 aromatic heterocycles. The molecule has 0 amide bonds. The standard InChI is InChI=1S/C16H32N2O3/c1-13(12-20-4)18(3)11-7-6-10-16(2,15(19)21-5)17-14-8-9-14/h13-14,17H,6-12H2,1-5H3. The molecule has 1 fully saturated rings. The number of unbranched alkanes of at least 4 members (excludes halogenated alkanes) is 1. The third-order valence-electron chi connectivity index (χ3n) is 4.33. The molecule has 21 heavy (non-hydrogen) atoms. The molecule has 2 unspecified atom stereocenters. The minimum absolute atomic E-state index is 0.143. The maximum Gasteiger partial charge on any atom is 0.325 e. The number of carbonyl (C=O) groups excluding carboxylic acids is 1. The van der Waals surface area contributed by atoms with Crippen LogP contribution in [-0.2, 0) is 14.3 Å². The van der Waals surface area contributed by atoms with Crippen LogP contribution in [0.3, 0.4) is 0 Å². The van der Waals surface area contributed by atoms with E-state index in [-0.39, 0.29) is 5.97 Å². The number of esters is 1. The number of likely N-dealkylation sites (N-methyl/N-ethyl adjacent to an activating group) is 1. The van der Waals surface area contributed by atoms with E-state index in [1.807, 2.05) is 6.92 Å². The van der Waals surface area contributed by atoms with Gasteiger partial charge < -0.3 is 14.4 Å². The minimum Gasteiger partial charge on any atom is -0.468 e. The molecule has 0 aliphatic heterocycles. The highest BCUT2D eigenvalue weighted by Crippen LogP contribution is 2.26. The lowest BCUT2D eigenvalue weighted by atomic mass is 9.94. The third-order valence-corrected chi connectivity index (χ3v) is 4.33. The van der Waals surface area contributed by atoms with Crippen LogP contribution < -0.4 is 5.32 Å². The third kappa shape index (κ3) is 6.32. The Kier molecular flexibility index (Phi) is 7.63. The van der Waals surface area contributed by atoms with Crippen molar-refractivity contribution in [3.05, 3.63) is 0 Å². The molecule has 1 rings (SSSR count). The highest BCUT2D eigenvalue weighted by atomic mass is 16.5. The first-order valence-electron chi connectivity index (χ1n) is 7.98. The van der Waals surface area contributed by atoms with Gasteiger partial charge in [0.15, 0.2) is 0 Å². The average molecular weight is 300 g/mol. The maximum atomic E-state index is 12.0. The number of ether oxygens (including phenoxy) is 2. The highest BCUT2D eigenvalue weighted by Gasteiger charge is 2.38. The Bertz CT molecular complexity index is 321. The number of nitrogens with one attached hydrogen (secondary N) is 1. The molecule has 1 saturated carbocycles. The van der Waals surface area contributed by atoms with Gasteiger partial charge in [0, 0.05) is 19.2 Å². The lowest BCUT2D eigenvalue weighted by molar-refractivity contribution is -0.148. The Balaban J connectivity index is 2.31. The van der Waals surface area contributed by atoms with Crippen molar-refractivity contribution in [2.24, 2.45) is 0 Å². The molecule has 0 bridgehead atoms. The maximum absolute atomic E-state index is 12.0. The summed E-state index contributed by atoms with van der Waals surface area (Å²) in [6, 6.07) is 0.921. The first kappa shape index (κ1) is 18.4. The molecule has 5 heteroatoms. The number of carbonyl (C=O) groups is 1. The summed E-state index contributed by atoms with van der Waals surface area (Å²) in [6.07, 6.45) is 5.25. The largest absolute Gasteiger partial charge is 0.468 e. The van der Waals surface area contributed by atoms with Crippen molar-refractivity contribution in [3.63, 3.8) is 0 Å². The van der Waals surface area contributed by atoms with E-state index in [4.69, 9.17) is 9.47 Å². The van der Waals surface area contributed by atoms with Crippen LogP contribution in [0.5, 0.6) is 0 Å². The molecule has 124 valence electrons. The number of hydrogen-bond acceptors (Lipinski definition) is 5. The molecule has 0 aromatic rings. The molecule has 1 aliphatic rings. The van der Waals surface area contributed by atoms with Gasteiger partial charge in [-0.2, -0.15) is 0 Å². The Labute approximate surface area is 129 Å². The van der Waals surface area contributed by atoms with Gasteiger partial charge in [-0.05, 0) is 59.5 Å². The summed E-state index contributed by atoms with van der Waals surface area (Å²) in [5.74, 6) is -0.143. The van der Waals surface area contributed by atoms with Crippen LogP contribution in [0.2, 0.25) is 0 Å². The van der Waals surface area contributed by atoms with Crippen LogP contribution in [-0.4, -0.2) is 62.9 Å². The molecular formula is C16H32N2O3. The lowest BCUT2D eigenvalue weighted by Gasteiger charge is -2.29. The van der Waals surface area contributed by atoms with Gasteiger partial charge in [-0.1, -0.05) is 0 Å². The molecule has 0 radical (unpaired) electrons. The first-order chi connectivity index (χ1) is 9.92. The number of hydrogen-bond donors (Lipinski definition) is 1. The van der Waals surface area contributed by atoms with Crippen molar-refractivity contribution in [2.45, 2.75) is 63.6 Å². The fourth-order valence-corrected chi connectivity index (χ4v) is 2.57. The normalized spacial score (nSPS) is 19.3. The van der Waals surface area contributed by atoms with Crippen molar-refractivity contribution in [1.29, 1.82) is 0 Å². The lowest BCUT2D eigenvalue weighted by Crippen LogP contribution is -2.51. The molecule has 1 N–H and O–H groups in total. The van der Waals surface area contributed by atoms with Crippen LogP contribution in [0, 0.1) is 0 Å². The van der Waals surface area contributed by atoms with Crippen molar-refractivity contribution in [1.82, 2.24) is 10.2 Å². The summed E-state index contributed by atoms with van der Waals surface area (Å²) < 4.78 is 10.1. The summed E-state index contributed by atoms with van der Waals surface area (Å²) in [5, 5.41) is 3.44. The molecular weight excluding hydrogens is 268 g/mol. The smallest absolute Gasteiger partial charge is 0.325 e. The summed E-state index contributed by atoms with van der Waals surface area (Å²) in [6.45, 7) is 5.90. The summed E-state index contributed by atoms with van der Waals surface area (Å²) in [4.78, 5) is 14.3. The van der Waals surface area contributed by atoms with Crippen molar-refractivity contribution in [2.75, 3.05) is 34.4 Å². The van der Waals surface area contributed by atoms with Crippen LogP contribution in [0.1, 0.15) is 46.0 Å². The van der Waals surface area contributed by atoms with E-state index in [2.05, 4.69) is 24.2 Å². The van der Waals surface area contributed by atoms with Gasteiger partial charge in [-0.15, -0.1) is 0 Å². The van der Waals surface area contributed by atoms with Gasteiger partial charge in [0.25, 0.3) is 0 Å². The number of nitrogens with zero attached hydrogens (tertiary/aromatic N) is 1. The fraction of sp³-hybridized carbons (Fsp3) is 0.938. The average Bonchev–Trinajstić information content (AvgIpc) is 3.26. The second-order valence-electron chi connectivity index (χ2n) is 6.48. The van der Waals surface area contributed by atoms with Crippen molar-refractivity contribution in [3.8, 4) is 0 Å². The van der Waals surface area contributed by atoms with E-state index in [1.165, 1.54) is 20.0 Å². The van der Waals surface area contributed by atoms with Crippen LogP contribution >= 0.6 is 0 Å². The molecule has 2 atom stereocenters.